The van der Waals surface area contributed by atoms with Crippen LogP contribution in [0, 0.1) is 0 Å². The Kier molecular flexibility index (Phi) is 5.43. The maximum atomic E-state index is 12.6. The number of pyridine rings is 3. The van der Waals surface area contributed by atoms with Crippen molar-refractivity contribution in [2.75, 3.05) is 39.4 Å². The number of nitrogens with zero attached hydrogens (tertiary/aromatic N) is 8. The highest BCUT2D eigenvalue weighted by Gasteiger charge is 2.20. The first-order chi connectivity index (χ1) is 17.2. The summed E-state index contributed by atoms with van der Waals surface area (Å²) in [5.41, 5.74) is 4.39. The number of imidazole rings is 1. The lowest BCUT2D eigenvalue weighted by molar-refractivity contribution is 0.0829. The predicted octanol–water partition coefficient (Wildman–Crippen LogP) is 1.94. The van der Waals surface area contributed by atoms with Gasteiger partial charge in [0.1, 0.15) is 11.2 Å². The minimum atomic E-state index is -0.263. The van der Waals surface area contributed by atoms with Crippen molar-refractivity contribution in [2.24, 2.45) is 0 Å². The molecule has 0 aromatic carbocycles. The Morgan fingerprint density at radius 2 is 1.72 bits per heavy atom. The van der Waals surface area contributed by atoms with Crippen molar-refractivity contribution in [1.82, 2.24) is 44.6 Å². The molecule has 5 aromatic rings. The van der Waals surface area contributed by atoms with Crippen molar-refractivity contribution in [1.29, 1.82) is 0 Å². The molecule has 0 saturated heterocycles. The molecule has 5 heterocycles. The van der Waals surface area contributed by atoms with Crippen LogP contribution in [0.15, 0.2) is 43.1 Å². The monoisotopic (exact) mass is 485 g/mol. The molecule has 0 saturated carbocycles. The molecule has 0 aliphatic carbocycles. The van der Waals surface area contributed by atoms with Crippen LogP contribution < -0.4 is 11.2 Å². The number of nitrogens with two attached hydrogens (primary N) is 1. The van der Waals surface area contributed by atoms with Crippen molar-refractivity contribution in [3.05, 3.63) is 48.7 Å². The first-order valence-corrected chi connectivity index (χ1v) is 10.9. The van der Waals surface area contributed by atoms with Crippen molar-refractivity contribution in [3.63, 3.8) is 0 Å². The Morgan fingerprint density at radius 1 is 0.972 bits per heavy atom. The number of carbonyl (C=O) groups excluding carboxylic acids is 2. The number of urea groups is 1. The maximum Gasteiger partial charge on any atom is 0.321 e. The number of amides is 3. The molecule has 0 radical (unpaired) electrons. The fraction of sp³-hybridized carbons (Fsp3) is 0.174. The van der Waals surface area contributed by atoms with Crippen LogP contribution in [0.2, 0.25) is 0 Å². The molecule has 4 N–H and O–H groups in total. The van der Waals surface area contributed by atoms with Gasteiger partial charge in [-0.25, -0.2) is 14.8 Å². The Morgan fingerprint density at radius 3 is 2.47 bits per heavy atom. The molecule has 36 heavy (non-hydrogen) atoms. The topological polar surface area (TPSA) is 164 Å². The molecule has 5 aromatic heterocycles. The number of nitrogen functional groups attached to an aromatic ring is 1. The Hall–Kier alpha value is -5.07. The molecule has 13 nitrogen and oxygen atoms in total. The van der Waals surface area contributed by atoms with Gasteiger partial charge in [0.15, 0.2) is 11.5 Å². The number of hydrogen-bond donors (Lipinski definition) is 3. The number of hydrogen-bond acceptors (Lipinski definition) is 8. The number of aromatic nitrogens is 7. The van der Waals surface area contributed by atoms with Gasteiger partial charge >= 0.3 is 6.03 Å². The zero-order valence-electron chi connectivity index (χ0n) is 20.0. The molecular weight excluding hydrogens is 462 g/mol. The molecule has 13 heteroatoms. The van der Waals surface area contributed by atoms with E-state index in [4.69, 9.17) is 5.84 Å². The third-order valence-corrected chi connectivity index (χ3v) is 5.53. The van der Waals surface area contributed by atoms with Crippen molar-refractivity contribution < 1.29 is 9.59 Å². The van der Waals surface area contributed by atoms with E-state index >= 15 is 0 Å². The summed E-state index contributed by atoms with van der Waals surface area (Å²) in [5.74, 6) is 6.30. The summed E-state index contributed by atoms with van der Waals surface area (Å²) in [6.07, 6.45) is 7.98. The van der Waals surface area contributed by atoms with Crippen LogP contribution in [0.25, 0.3) is 44.7 Å². The van der Waals surface area contributed by atoms with E-state index in [1.807, 2.05) is 6.07 Å². The van der Waals surface area contributed by atoms with E-state index in [-0.39, 0.29) is 11.9 Å². The van der Waals surface area contributed by atoms with E-state index in [1.165, 1.54) is 20.8 Å². The van der Waals surface area contributed by atoms with Gasteiger partial charge in [0.2, 0.25) is 0 Å². The van der Waals surface area contributed by atoms with Crippen LogP contribution in [-0.2, 0) is 0 Å². The van der Waals surface area contributed by atoms with E-state index in [9.17, 15) is 9.59 Å². The average molecular weight is 486 g/mol. The number of anilines is 1. The van der Waals surface area contributed by atoms with Gasteiger partial charge in [-0.1, -0.05) is 0 Å². The molecule has 182 valence electrons. The lowest BCUT2D eigenvalue weighted by Gasteiger charge is -2.12. The molecular formula is C23H23N11O2. The molecule has 5 rings (SSSR count). The summed E-state index contributed by atoms with van der Waals surface area (Å²) in [5, 5.41) is 7.85. The van der Waals surface area contributed by atoms with Gasteiger partial charge in [0.25, 0.3) is 5.91 Å². The zero-order chi connectivity index (χ0) is 25.6. The highest BCUT2D eigenvalue weighted by Crippen LogP contribution is 2.30. The zero-order valence-corrected chi connectivity index (χ0v) is 20.0. The lowest BCUT2D eigenvalue weighted by Crippen LogP contribution is -2.27. The molecule has 0 atom stereocenters. The molecule has 0 aliphatic heterocycles. The van der Waals surface area contributed by atoms with Gasteiger partial charge in [-0.3, -0.25) is 14.8 Å². The fourth-order valence-electron chi connectivity index (χ4n) is 3.70. The van der Waals surface area contributed by atoms with Gasteiger partial charge in [0.05, 0.1) is 34.5 Å². The molecule has 0 aliphatic rings. The first-order valence-electron chi connectivity index (χ1n) is 10.9. The highest BCUT2D eigenvalue weighted by molar-refractivity contribution is 6.05. The normalized spacial score (nSPS) is 11.1. The van der Waals surface area contributed by atoms with Crippen LogP contribution >= 0.6 is 0 Å². The van der Waals surface area contributed by atoms with Crippen LogP contribution in [0.3, 0.4) is 0 Å². The van der Waals surface area contributed by atoms with E-state index in [2.05, 4.69) is 35.3 Å². The van der Waals surface area contributed by atoms with Crippen molar-refractivity contribution >= 4 is 39.7 Å². The third-order valence-electron chi connectivity index (χ3n) is 5.53. The second kappa shape index (κ2) is 8.61. The second-order valence-electron chi connectivity index (χ2n) is 8.54. The average Bonchev–Trinajstić information content (AvgIpc) is 3.44. The van der Waals surface area contributed by atoms with E-state index in [0.717, 1.165) is 11.1 Å². The van der Waals surface area contributed by atoms with Crippen molar-refractivity contribution in [3.8, 4) is 22.6 Å². The van der Waals surface area contributed by atoms with Gasteiger partial charge in [-0.05, 0) is 12.1 Å². The standard InChI is InChI=1S/C23H23N11O2/c1-32(2)22(35)16-10-26-11-17-18(16)30-20(29-17)19-15-6-13(8-27-21(15)34(24)31-19)12-5-14(9-25-7-12)28-23(36)33(3)4/h5-11H,24H2,1-4H3,(H,28,36)(H,29,30). The summed E-state index contributed by atoms with van der Waals surface area (Å²) in [6.45, 7) is 0. The van der Waals surface area contributed by atoms with Gasteiger partial charge in [0, 0.05) is 57.9 Å². The van der Waals surface area contributed by atoms with Crippen molar-refractivity contribution in [2.45, 2.75) is 0 Å². The Bertz CT molecular complexity index is 1630. The van der Waals surface area contributed by atoms with E-state index < -0.39 is 0 Å². The first kappa shape index (κ1) is 22.7. The Labute approximate surface area is 204 Å². The lowest BCUT2D eigenvalue weighted by atomic mass is 10.1. The fourth-order valence-corrected chi connectivity index (χ4v) is 3.70. The van der Waals surface area contributed by atoms with E-state index in [1.54, 1.807) is 59.0 Å². The van der Waals surface area contributed by atoms with Crippen LogP contribution in [-0.4, -0.2) is 84.7 Å². The van der Waals surface area contributed by atoms with E-state index in [0.29, 0.717) is 44.8 Å². The molecule has 0 fully saturated rings. The van der Waals surface area contributed by atoms with Gasteiger partial charge in [-0.15, -0.1) is 5.10 Å². The number of fused-ring (bicyclic) bond motifs is 2. The number of carbonyl (C=O) groups is 2. The summed E-state index contributed by atoms with van der Waals surface area (Å²) < 4.78 is 0. The SMILES string of the molecule is CN(C)C(=O)Nc1cncc(-c2cnc3c(c2)c(-c2nc4c(C(=O)N(C)C)cncc4[nH]2)nn3N)c1. The summed E-state index contributed by atoms with van der Waals surface area (Å²) in [7, 11) is 6.65. The highest BCUT2D eigenvalue weighted by atomic mass is 16.2. The number of H-pyrrole nitrogens is 1. The van der Waals surface area contributed by atoms with Crippen LogP contribution in [0.1, 0.15) is 10.4 Å². The maximum absolute atomic E-state index is 12.6. The van der Waals surface area contributed by atoms with Crippen LogP contribution in [0.5, 0.6) is 0 Å². The molecule has 0 spiro atoms. The number of aromatic amines is 1. The smallest absolute Gasteiger partial charge is 0.321 e. The molecule has 0 unspecified atom stereocenters. The minimum absolute atomic E-state index is 0.210. The van der Waals surface area contributed by atoms with Crippen LogP contribution in [0.4, 0.5) is 10.5 Å². The summed E-state index contributed by atoms with van der Waals surface area (Å²) in [6, 6.07) is 3.41. The summed E-state index contributed by atoms with van der Waals surface area (Å²) >= 11 is 0. The Balaban J connectivity index is 1.60. The van der Waals surface area contributed by atoms with Gasteiger partial charge in [-0.2, -0.15) is 4.79 Å². The predicted molar refractivity (Wildman–Crippen MR) is 135 cm³/mol. The minimum Gasteiger partial charge on any atom is -0.345 e. The van der Waals surface area contributed by atoms with Gasteiger partial charge < -0.3 is 25.9 Å². The number of rotatable bonds is 4. The second-order valence-corrected chi connectivity index (χ2v) is 8.54. The quantitative estimate of drug-likeness (QED) is 0.325. The number of nitrogens with one attached hydrogen (secondary N) is 2. The largest absolute Gasteiger partial charge is 0.345 e. The third kappa shape index (κ3) is 3.91. The summed E-state index contributed by atoms with van der Waals surface area (Å²) in [4.78, 5) is 49.4. The molecule has 3 amide bonds. The molecule has 0 bridgehead atoms.